The van der Waals surface area contributed by atoms with Crippen LogP contribution in [0.25, 0.3) is 28.0 Å². The molecule has 1 aromatic carbocycles. The summed E-state index contributed by atoms with van der Waals surface area (Å²) in [5, 5.41) is 0.532. The molecule has 3 aromatic heterocycles. The lowest BCUT2D eigenvalue weighted by atomic mass is 10.0. The minimum absolute atomic E-state index is 0. The van der Waals surface area contributed by atoms with Crippen molar-refractivity contribution in [1.29, 1.82) is 0 Å². The maximum atomic E-state index is 14.0. The SMILES string of the molecule is C.C=CC(=O)N1C[C@H](C)N(c2nc(=O)n(-c3c(C)ccnc3C(C)C)c3nc(-c4cccc(C(F)(F)F)c4)c(Cl)cc23)C[C@H]1C. The van der Waals surface area contributed by atoms with Gasteiger partial charge in [0.1, 0.15) is 5.82 Å². The van der Waals surface area contributed by atoms with E-state index in [9.17, 15) is 22.8 Å². The van der Waals surface area contributed by atoms with Gasteiger partial charge in [-0.2, -0.15) is 18.2 Å². The molecule has 8 nitrogen and oxygen atoms in total. The van der Waals surface area contributed by atoms with Crippen LogP contribution in [0, 0.1) is 6.92 Å². The van der Waals surface area contributed by atoms with Gasteiger partial charge in [0.25, 0.3) is 0 Å². The number of halogens is 4. The highest BCUT2D eigenvalue weighted by atomic mass is 35.5. The van der Waals surface area contributed by atoms with E-state index in [2.05, 4.69) is 16.5 Å². The van der Waals surface area contributed by atoms with Crippen molar-refractivity contribution in [2.24, 2.45) is 0 Å². The van der Waals surface area contributed by atoms with Crippen molar-refractivity contribution in [3.63, 3.8) is 0 Å². The van der Waals surface area contributed by atoms with Gasteiger partial charge in [0.15, 0.2) is 5.65 Å². The molecule has 238 valence electrons. The van der Waals surface area contributed by atoms with Gasteiger partial charge >= 0.3 is 11.9 Å². The molecule has 45 heavy (non-hydrogen) atoms. The van der Waals surface area contributed by atoms with E-state index in [1.54, 1.807) is 23.2 Å². The monoisotopic (exact) mass is 640 g/mol. The number of hydrogen-bond acceptors (Lipinski definition) is 6. The smallest absolute Gasteiger partial charge is 0.349 e. The first kappa shape index (κ1) is 33.6. The van der Waals surface area contributed by atoms with Gasteiger partial charge in [-0.15, -0.1) is 0 Å². The third-order valence-electron chi connectivity index (χ3n) is 7.91. The van der Waals surface area contributed by atoms with Crippen LogP contribution in [-0.2, 0) is 11.0 Å². The van der Waals surface area contributed by atoms with Crippen LogP contribution >= 0.6 is 11.6 Å². The fourth-order valence-electron chi connectivity index (χ4n) is 5.70. The molecular formula is C33H36ClF3N6O2. The Morgan fingerprint density at radius 1 is 1.11 bits per heavy atom. The molecule has 12 heteroatoms. The average Bonchev–Trinajstić information content (AvgIpc) is 2.97. The summed E-state index contributed by atoms with van der Waals surface area (Å²) in [5.41, 5.74) is 0.834. The van der Waals surface area contributed by atoms with Gasteiger partial charge in [-0.3, -0.25) is 9.78 Å². The van der Waals surface area contributed by atoms with Gasteiger partial charge in [0, 0.05) is 36.9 Å². The van der Waals surface area contributed by atoms with Gasteiger partial charge in [-0.05, 0) is 62.6 Å². The molecule has 1 aliphatic heterocycles. The van der Waals surface area contributed by atoms with Crippen molar-refractivity contribution < 1.29 is 18.0 Å². The summed E-state index contributed by atoms with van der Waals surface area (Å²) < 4.78 is 42.2. The third-order valence-corrected chi connectivity index (χ3v) is 8.19. The molecule has 0 N–H and O–H groups in total. The zero-order valence-corrected chi connectivity index (χ0v) is 25.7. The van der Waals surface area contributed by atoms with Gasteiger partial charge in [-0.1, -0.05) is 51.6 Å². The number of alkyl halides is 3. The lowest BCUT2D eigenvalue weighted by Crippen LogP contribution is -2.58. The van der Waals surface area contributed by atoms with Crippen molar-refractivity contribution in [1.82, 2.24) is 24.4 Å². The van der Waals surface area contributed by atoms with Crippen molar-refractivity contribution >= 4 is 34.4 Å². The molecule has 0 saturated carbocycles. The summed E-state index contributed by atoms with van der Waals surface area (Å²) in [5.74, 6) is 0.0583. The first-order chi connectivity index (χ1) is 20.7. The van der Waals surface area contributed by atoms with Crippen LogP contribution < -0.4 is 10.6 Å². The number of piperazine rings is 1. The summed E-state index contributed by atoms with van der Waals surface area (Å²) in [7, 11) is 0. The highest BCUT2D eigenvalue weighted by molar-refractivity contribution is 6.33. The predicted molar refractivity (Wildman–Crippen MR) is 172 cm³/mol. The summed E-state index contributed by atoms with van der Waals surface area (Å²) in [4.78, 5) is 44.0. The molecule has 1 amide bonds. The summed E-state index contributed by atoms with van der Waals surface area (Å²) in [6.07, 6.45) is -1.64. The lowest BCUT2D eigenvalue weighted by Gasteiger charge is -2.44. The number of benzene rings is 1. The molecule has 0 bridgehead atoms. The minimum Gasteiger partial charge on any atom is -0.349 e. The second kappa shape index (κ2) is 12.6. The average molecular weight is 641 g/mol. The number of hydrogen-bond donors (Lipinski definition) is 0. The number of rotatable bonds is 5. The molecule has 1 aliphatic rings. The Morgan fingerprint density at radius 2 is 1.82 bits per heavy atom. The largest absolute Gasteiger partial charge is 0.416 e. The number of fused-ring (bicyclic) bond motifs is 1. The molecule has 0 unspecified atom stereocenters. The predicted octanol–water partition coefficient (Wildman–Crippen LogP) is 7.19. The Morgan fingerprint density at radius 3 is 2.47 bits per heavy atom. The molecule has 5 rings (SSSR count). The quantitative estimate of drug-likeness (QED) is 0.215. The number of carbonyl (C=O) groups is 1. The zero-order valence-electron chi connectivity index (χ0n) is 25.0. The van der Waals surface area contributed by atoms with Crippen LogP contribution in [0.1, 0.15) is 57.9 Å². The topological polar surface area (TPSA) is 84.2 Å². The standard InChI is InChI=1S/C32H32ClF3N6O2.CH4/c1-7-25(43)40-15-20(6)41(16-19(40)5)29-23-14-24(33)27(21-9-8-10-22(13-21)32(34,35)36)38-30(23)42(31(44)39-29)28-18(4)11-12-37-26(28)17(2)3;/h7-14,17,19-20H,1,15-16H2,2-6H3;1H4/t19-,20+;/m1./s1. The number of aryl methyl sites for hydroxylation is 1. The molecule has 1 fully saturated rings. The van der Waals surface area contributed by atoms with Crippen LogP contribution in [0.3, 0.4) is 0 Å². The maximum Gasteiger partial charge on any atom is 0.416 e. The minimum atomic E-state index is -4.57. The van der Waals surface area contributed by atoms with Crippen molar-refractivity contribution in [3.8, 4) is 16.9 Å². The number of carbonyl (C=O) groups excluding carboxylic acids is 1. The van der Waals surface area contributed by atoms with Crippen LogP contribution in [0.5, 0.6) is 0 Å². The Bertz CT molecular complexity index is 1840. The lowest BCUT2D eigenvalue weighted by molar-refractivity contribution is -0.137. The van der Waals surface area contributed by atoms with E-state index in [0.717, 1.165) is 17.7 Å². The number of aromatic nitrogens is 4. The first-order valence-corrected chi connectivity index (χ1v) is 14.6. The molecular weight excluding hydrogens is 605 g/mol. The van der Waals surface area contributed by atoms with E-state index in [-0.39, 0.29) is 53.3 Å². The molecule has 4 aromatic rings. The Hall–Kier alpha value is -4.25. The van der Waals surface area contributed by atoms with E-state index >= 15 is 0 Å². The fraction of sp³-hybridized carbons (Fsp3) is 0.364. The molecule has 0 radical (unpaired) electrons. The van der Waals surface area contributed by atoms with Gasteiger partial charge in [0.05, 0.1) is 33.0 Å². The molecule has 1 saturated heterocycles. The second-order valence-corrected chi connectivity index (χ2v) is 11.8. The van der Waals surface area contributed by atoms with Crippen molar-refractivity contribution in [3.05, 3.63) is 87.6 Å². The molecule has 2 atom stereocenters. The highest BCUT2D eigenvalue weighted by Crippen LogP contribution is 2.38. The zero-order chi connectivity index (χ0) is 32.1. The van der Waals surface area contributed by atoms with Crippen LogP contribution in [0.4, 0.5) is 19.0 Å². The second-order valence-electron chi connectivity index (χ2n) is 11.4. The summed E-state index contributed by atoms with van der Waals surface area (Å²) in [6.45, 7) is 13.9. The van der Waals surface area contributed by atoms with Gasteiger partial charge in [0.2, 0.25) is 5.91 Å². The van der Waals surface area contributed by atoms with Crippen molar-refractivity contribution in [2.45, 2.75) is 66.2 Å². The van der Waals surface area contributed by atoms with E-state index in [1.807, 2.05) is 39.5 Å². The Kier molecular flexibility index (Phi) is 9.44. The van der Waals surface area contributed by atoms with E-state index in [0.29, 0.717) is 35.7 Å². The summed E-state index contributed by atoms with van der Waals surface area (Å²) in [6, 6.07) is 7.65. The van der Waals surface area contributed by atoms with E-state index in [4.69, 9.17) is 16.6 Å². The van der Waals surface area contributed by atoms with Crippen LogP contribution in [0.15, 0.2) is 60.0 Å². The maximum absolute atomic E-state index is 14.0. The number of amides is 1. The van der Waals surface area contributed by atoms with E-state index < -0.39 is 17.4 Å². The number of nitrogens with zero attached hydrogens (tertiary/aromatic N) is 6. The van der Waals surface area contributed by atoms with Crippen LogP contribution in [-0.4, -0.2) is 55.5 Å². The number of anilines is 1. The molecule has 0 spiro atoms. The fourth-order valence-corrected chi connectivity index (χ4v) is 5.96. The van der Waals surface area contributed by atoms with Crippen LogP contribution in [0.2, 0.25) is 5.02 Å². The number of pyridine rings is 2. The van der Waals surface area contributed by atoms with Crippen molar-refractivity contribution in [2.75, 3.05) is 18.0 Å². The van der Waals surface area contributed by atoms with E-state index in [1.165, 1.54) is 22.8 Å². The third kappa shape index (κ3) is 6.18. The Labute approximate surface area is 265 Å². The van der Waals surface area contributed by atoms with Gasteiger partial charge < -0.3 is 9.80 Å². The van der Waals surface area contributed by atoms with Gasteiger partial charge in [-0.25, -0.2) is 14.3 Å². The highest BCUT2D eigenvalue weighted by Gasteiger charge is 2.34. The Balaban J connectivity index is 0.00000461. The molecule has 4 heterocycles. The summed E-state index contributed by atoms with van der Waals surface area (Å²) >= 11 is 6.76. The first-order valence-electron chi connectivity index (χ1n) is 14.2. The normalized spacial score (nSPS) is 17.0. The molecule has 0 aliphatic carbocycles.